The van der Waals surface area contributed by atoms with E-state index in [4.69, 9.17) is 33.3 Å². The van der Waals surface area contributed by atoms with Gasteiger partial charge >= 0.3 is 0 Å². The van der Waals surface area contributed by atoms with Crippen molar-refractivity contribution in [2.45, 2.75) is 6.42 Å². The summed E-state index contributed by atoms with van der Waals surface area (Å²) in [5, 5.41) is 0.606. The fourth-order valence-corrected chi connectivity index (χ4v) is 3.72. The molecule has 0 radical (unpaired) electrons. The Labute approximate surface area is 173 Å². The van der Waals surface area contributed by atoms with E-state index in [1.807, 2.05) is 48.5 Å². The molecule has 27 heavy (non-hydrogen) atoms. The molecule has 0 aliphatic carbocycles. The molecular formula is C20H18ClNO3S2. The molecule has 0 spiro atoms. The molecule has 1 amide bonds. The summed E-state index contributed by atoms with van der Waals surface area (Å²) in [7, 11) is 1.69. The van der Waals surface area contributed by atoms with Gasteiger partial charge in [0.2, 0.25) is 0 Å². The van der Waals surface area contributed by atoms with E-state index in [1.165, 1.54) is 16.7 Å². The van der Waals surface area contributed by atoms with Crippen molar-refractivity contribution in [2.75, 3.05) is 20.3 Å². The van der Waals surface area contributed by atoms with E-state index in [1.54, 1.807) is 13.1 Å². The Hall–Kier alpha value is -2.02. The summed E-state index contributed by atoms with van der Waals surface area (Å²) >= 11 is 12.5. The van der Waals surface area contributed by atoms with Gasteiger partial charge in [-0.2, -0.15) is 0 Å². The summed E-state index contributed by atoms with van der Waals surface area (Å²) in [6.07, 6.45) is 2.58. The number of halogens is 1. The van der Waals surface area contributed by atoms with E-state index in [0.717, 1.165) is 17.7 Å². The summed E-state index contributed by atoms with van der Waals surface area (Å²) in [4.78, 5) is 14.1. The van der Waals surface area contributed by atoms with Crippen LogP contribution >= 0.6 is 35.6 Å². The molecule has 4 nitrogen and oxygen atoms in total. The maximum absolute atomic E-state index is 12.0. The zero-order valence-electron chi connectivity index (χ0n) is 14.7. The van der Waals surface area contributed by atoms with Crippen LogP contribution in [0.5, 0.6) is 11.5 Å². The Morgan fingerprint density at radius 3 is 2.48 bits per heavy atom. The number of likely N-dealkylation sites (N-methyl/N-ethyl adjacent to an activating group) is 1. The molecule has 0 atom stereocenters. The van der Waals surface area contributed by atoms with Crippen LogP contribution in [0, 0.1) is 0 Å². The molecule has 1 saturated heterocycles. The average Bonchev–Trinajstić information content (AvgIpc) is 2.91. The first-order valence-electron chi connectivity index (χ1n) is 8.36. The van der Waals surface area contributed by atoms with Crippen molar-refractivity contribution in [1.29, 1.82) is 0 Å². The van der Waals surface area contributed by atoms with Gasteiger partial charge in [0.1, 0.15) is 15.8 Å². The zero-order chi connectivity index (χ0) is 19.2. The first-order chi connectivity index (χ1) is 13.0. The van der Waals surface area contributed by atoms with Crippen LogP contribution in [-0.2, 0) is 4.79 Å². The maximum atomic E-state index is 12.0. The summed E-state index contributed by atoms with van der Waals surface area (Å²) in [5.41, 5.74) is 0.929. The Kier molecular flexibility index (Phi) is 6.77. The van der Waals surface area contributed by atoms with Gasteiger partial charge in [0.15, 0.2) is 0 Å². The van der Waals surface area contributed by atoms with Crippen LogP contribution in [0.4, 0.5) is 0 Å². The molecule has 0 N–H and O–H groups in total. The van der Waals surface area contributed by atoms with Crippen LogP contribution in [0.3, 0.4) is 0 Å². The number of ether oxygens (including phenoxy) is 2. The van der Waals surface area contributed by atoms with E-state index in [2.05, 4.69) is 0 Å². The number of thioether (sulfide) groups is 1. The molecule has 2 aromatic rings. The lowest BCUT2D eigenvalue weighted by atomic mass is 10.2. The van der Waals surface area contributed by atoms with Gasteiger partial charge in [0.05, 0.1) is 23.1 Å². The van der Waals surface area contributed by atoms with E-state index >= 15 is 0 Å². The Bertz CT molecular complexity index is 868. The van der Waals surface area contributed by atoms with E-state index in [-0.39, 0.29) is 5.91 Å². The quantitative estimate of drug-likeness (QED) is 0.358. The molecule has 3 rings (SSSR count). The van der Waals surface area contributed by atoms with Crippen molar-refractivity contribution in [3.63, 3.8) is 0 Å². The predicted molar refractivity (Wildman–Crippen MR) is 114 cm³/mol. The summed E-state index contributed by atoms with van der Waals surface area (Å²) in [6, 6.07) is 15.0. The monoisotopic (exact) mass is 419 g/mol. The number of carbonyl (C=O) groups is 1. The molecule has 1 fully saturated rings. The lowest BCUT2D eigenvalue weighted by molar-refractivity contribution is -0.121. The highest BCUT2D eigenvalue weighted by atomic mass is 35.5. The average molecular weight is 420 g/mol. The number of hydrogen-bond donors (Lipinski definition) is 0. The highest BCUT2D eigenvalue weighted by Crippen LogP contribution is 2.31. The molecule has 140 valence electrons. The van der Waals surface area contributed by atoms with Gasteiger partial charge in [-0.3, -0.25) is 9.69 Å². The van der Waals surface area contributed by atoms with Crippen LogP contribution < -0.4 is 9.47 Å². The first kappa shape index (κ1) is 19.7. The van der Waals surface area contributed by atoms with Crippen molar-refractivity contribution >= 4 is 51.9 Å². The van der Waals surface area contributed by atoms with Gasteiger partial charge in [-0.25, -0.2) is 0 Å². The van der Waals surface area contributed by atoms with E-state index < -0.39 is 0 Å². The number of para-hydroxylation sites is 1. The van der Waals surface area contributed by atoms with Crippen molar-refractivity contribution in [1.82, 2.24) is 4.90 Å². The summed E-state index contributed by atoms with van der Waals surface area (Å²) in [6.45, 7) is 1.07. The van der Waals surface area contributed by atoms with Crippen molar-refractivity contribution in [3.05, 3.63) is 64.0 Å². The molecule has 2 aromatic carbocycles. The van der Waals surface area contributed by atoms with Gasteiger partial charge in [0.25, 0.3) is 5.91 Å². The third-order valence-electron chi connectivity index (χ3n) is 3.82. The SMILES string of the molecule is CN1C(=O)/C(=C\c2ccc(OCCCOc3ccccc3Cl)cc2)SC1=S. The molecule has 0 saturated carbocycles. The van der Waals surface area contributed by atoms with Crippen LogP contribution in [0.25, 0.3) is 6.08 Å². The number of carbonyl (C=O) groups excluding carboxylic acids is 1. The number of thiocarbonyl (C=S) groups is 1. The third kappa shape index (κ3) is 5.25. The van der Waals surface area contributed by atoms with Crippen molar-refractivity contribution < 1.29 is 14.3 Å². The second-order valence-electron chi connectivity index (χ2n) is 5.79. The highest BCUT2D eigenvalue weighted by Gasteiger charge is 2.28. The fourth-order valence-electron chi connectivity index (χ4n) is 2.35. The largest absolute Gasteiger partial charge is 0.493 e. The molecule has 1 aliphatic heterocycles. The van der Waals surface area contributed by atoms with Gasteiger partial charge in [-0.15, -0.1) is 0 Å². The summed E-state index contributed by atoms with van der Waals surface area (Å²) < 4.78 is 11.9. The minimum absolute atomic E-state index is 0.0659. The van der Waals surface area contributed by atoms with Crippen LogP contribution in [0.15, 0.2) is 53.4 Å². The Balaban J connectivity index is 1.45. The van der Waals surface area contributed by atoms with Gasteiger partial charge in [-0.1, -0.05) is 59.8 Å². The second-order valence-corrected chi connectivity index (χ2v) is 7.87. The minimum atomic E-state index is -0.0659. The van der Waals surface area contributed by atoms with E-state index in [0.29, 0.717) is 33.2 Å². The number of hydrogen-bond acceptors (Lipinski definition) is 5. The zero-order valence-corrected chi connectivity index (χ0v) is 17.1. The third-order valence-corrected chi connectivity index (χ3v) is 5.61. The predicted octanol–water partition coefficient (Wildman–Crippen LogP) is 5.02. The molecule has 1 aliphatic rings. The standard InChI is InChI=1S/C20H18ClNO3S2/c1-22-19(23)18(27-20(22)26)13-14-7-9-15(10-8-14)24-11-4-12-25-17-6-3-2-5-16(17)21/h2-3,5-10,13H,4,11-12H2,1H3/b18-13+. The molecule has 1 heterocycles. The Morgan fingerprint density at radius 2 is 1.81 bits per heavy atom. The molecule has 0 bridgehead atoms. The maximum Gasteiger partial charge on any atom is 0.265 e. The molecule has 7 heteroatoms. The van der Waals surface area contributed by atoms with Gasteiger partial charge < -0.3 is 9.47 Å². The Morgan fingerprint density at radius 1 is 1.11 bits per heavy atom. The number of nitrogens with zero attached hydrogens (tertiary/aromatic N) is 1. The van der Waals surface area contributed by atoms with Crippen LogP contribution in [0.2, 0.25) is 5.02 Å². The van der Waals surface area contributed by atoms with Crippen LogP contribution in [-0.4, -0.2) is 35.4 Å². The minimum Gasteiger partial charge on any atom is -0.493 e. The lowest BCUT2D eigenvalue weighted by Gasteiger charge is -2.09. The first-order valence-corrected chi connectivity index (χ1v) is 9.96. The topological polar surface area (TPSA) is 38.8 Å². The number of rotatable bonds is 7. The van der Waals surface area contributed by atoms with Gasteiger partial charge in [0, 0.05) is 13.5 Å². The molecule has 0 unspecified atom stereocenters. The fraction of sp³-hybridized carbons (Fsp3) is 0.200. The van der Waals surface area contributed by atoms with Crippen molar-refractivity contribution in [2.24, 2.45) is 0 Å². The molecule has 0 aromatic heterocycles. The number of amides is 1. The van der Waals surface area contributed by atoms with Gasteiger partial charge in [-0.05, 0) is 35.9 Å². The lowest BCUT2D eigenvalue weighted by Crippen LogP contribution is -2.22. The normalized spacial score (nSPS) is 15.5. The van der Waals surface area contributed by atoms with E-state index in [9.17, 15) is 4.79 Å². The number of benzene rings is 2. The second kappa shape index (κ2) is 9.26. The van der Waals surface area contributed by atoms with Crippen molar-refractivity contribution in [3.8, 4) is 11.5 Å². The molecular weight excluding hydrogens is 402 g/mol. The smallest absolute Gasteiger partial charge is 0.265 e. The summed E-state index contributed by atoms with van der Waals surface area (Å²) in [5.74, 6) is 1.39. The van der Waals surface area contributed by atoms with Crippen LogP contribution in [0.1, 0.15) is 12.0 Å². The highest BCUT2D eigenvalue weighted by molar-refractivity contribution is 8.26.